The van der Waals surface area contributed by atoms with Crippen molar-refractivity contribution in [3.8, 4) is 0 Å². The molecule has 1 N–H and O–H groups in total. The zero-order valence-corrected chi connectivity index (χ0v) is 14.9. The lowest BCUT2D eigenvalue weighted by Gasteiger charge is -2.24. The van der Waals surface area contributed by atoms with Gasteiger partial charge in [0.25, 0.3) is 0 Å². The van der Waals surface area contributed by atoms with Gasteiger partial charge in [-0.05, 0) is 50.3 Å². The third-order valence-electron chi connectivity index (χ3n) is 3.46. The summed E-state index contributed by atoms with van der Waals surface area (Å²) in [6.45, 7) is 14.9. The summed E-state index contributed by atoms with van der Waals surface area (Å²) in [6, 6.07) is 4.01. The molecule has 0 aliphatic rings. The maximum absolute atomic E-state index is 11.7. The third-order valence-corrected chi connectivity index (χ3v) is 3.46. The molecule has 0 bridgehead atoms. The van der Waals surface area contributed by atoms with Gasteiger partial charge >= 0.3 is 6.09 Å². The van der Waals surface area contributed by atoms with Crippen molar-refractivity contribution >= 4 is 6.09 Å². The van der Waals surface area contributed by atoms with Gasteiger partial charge in [-0.3, -0.25) is 4.98 Å². The second kappa shape index (κ2) is 7.61. The molecule has 1 aromatic rings. The molecular weight excluding hydrogens is 276 g/mol. The lowest BCUT2D eigenvalue weighted by atomic mass is 9.82. The van der Waals surface area contributed by atoms with Crippen molar-refractivity contribution in [1.82, 2.24) is 10.3 Å². The first-order valence-corrected chi connectivity index (χ1v) is 8.02. The molecule has 0 aliphatic heterocycles. The minimum absolute atomic E-state index is 0.393. The van der Waals surface area contributed by atoms with E-state index in [-0.39, 0.29) is 0 Å². The van der Waals surface area contributed by atoms with Crippen LogP contribution in [0.25, 0.3) is 0 Å². The summed E-state index contributed by atoms with van der Waals surface area (Å²) in [5.74, 6) is 1.48. The molecule has 22 heavy (non-hydrogen) atoms. The third kappa shape index (κ3) is 6.04. The van der Waals surface area contributed by atoms with Crippen molar-refractivity contribution in [2.75, 3.05) is 0 Å². The highest BCUT2D eigenvalue weighted by Crippen LogP contribution is 2.30. The summed E-state index contributed by atoms with van der Waals surface area (Å²) in [7, 11) is 0. The number of hydrogen-bond donors (Lipinski definition) is 1. The Morgan fingerprint density at radius 3 is 2.32 bits per heavy atom. The molecule has 1 heterocycles. The largest absolute Gasteiger partial charge is 0.444 e. The first-order valence-electron chi connectivity index (χ1n) is 8.02. The maximum atomic E-state index is 11.7. The average molecular weight is 306 g/mol. The van der Waals surface area contributed by atoms with E-state index >= 15 is 0 Å². The predicted molar refractivity (Wildman–Crippen MR) is 89.7 cm³/mol. The van der Waals surface area contributed by atoms with Crippen molar-refractivity contribution in [2.45, 2.75) is 66.5 Å². The summed E-state index contributed by atoms with van der Waals surface area (Å²) >= 11 is 0. The number of rotatable bonds is 5. The quantitative estimate of drug-likeness (QED) is 0.871. The van der Waals surface area contributed by atoms with Crippen LogP contribution in [0.15, 0.2) is 18.3 Å². The molecule has 0 spiro atoms. The Labute approximate surface area is 134 Å². The van der Waals surface area contributed by atoms with Gasteiger partial charge in [0.2, 0.25) is 0 Å². The van der Waals surface area contributed by atoms with Gasteiger partial charge in [0.15, 0.2) is 0 Å². The number of hydrogen-bond acceptors (Lipinski definition) is 3. The molecule has 4 heteroatoms. The second-order valence-corrected chi connectivity index (χ2v) is 7.46. The van der Waals surface area contributed by atoms with E-state index in [1.165, 1.54) is 0 Å². The zero-order valence-electron chi connectivity index (χ0n) is 14.9. The van der Waals surface area contributed by atoms with Gasteiger partial charge in [-0.2, -0.15) is 0 Å². The van der Waals surface area contributed by atoms with E-state index in [4.69, 9.17) is 4.74 Å². The fourth-order valence-corrected chi connectivity index (χ4v) is 2.73. The molecule has 0 radical (unpaired) electrons. The topological polar surface area (TPSA) is 51.2 Å². The molecule has 0 atom stereocenters. The van der Waals surface area contributed by atoms with Crippen LogP contribution in [0.5, 0.6) is 0 Å². The number of nitrogens with one attached hydrogen (secondary N) is 1. The number of aromatic nitrogens is 1. The number of ether oxygens (including phenoxy) is 1. The first kappa shape index (κ1) is 18.5. The summed E-state index contributed by atoms with van der Waals surface area (Å²) in [5, 5.41) is 2.79. The van der Waals surface area contributed by atoms with Gasteiger partial charge in [-0.1, -0.05) is 27.7 Å². The maximum Gasteiger partial charge on any atom is 0.407 e. The summed E-state index contributed by atoms with van der Waals surface area (Å²) in [4.78, 5) is 16.2. The Bertz CT molecular complexity index is 482. The van der Waals surface area contributed by atoms with Crippen LogP contribution in [0.1, 0.15) is 65.6 Å². The van der Waals surface area contributed by atoms with E-state index in [1.807, 2.05) is 33.0 Å². The average Bonchev–Trinajstić information content (AvgIpc) is 2.34. The molecule has 0 aliphatic carbocycles. The van der Waals surface area contributed by atoms with Crippen LogP contribution >= 0.6 is 0 Å². The van der Waals surface area contributed by atoms with Crippen LogP contribution in [0.2, 0.25) is 0 Å². The normalized spacial score (nSPS) is 12.1. The van der Waals surface area contributed by atoms with Gasteiger partial charge in [0, 0.05) is 24.4 Å². The number of carbonyl (C=O) groups excluding carboxylic acids is 1. The fourth-order valence-electron chi connectivity index (χ4n) is 2.73. The predicted octanol–water partition coefficient (Wildman–Crippen LogP) is 4.50. The summed E-state index contributed by atoms with van der Waals surface area (Å²) in [6.07, 6.45) is 1.43. The van der Waals surface area contributed by atoms with Crippen molar-refractivity contribution in [3.63, 3.8) is 0 Å². The number of pyridine rings is 1. The molecule has 0 fully saturated rings. The van der Waals surface area contributed by atoms with Crippen LogP contribution in [0.3, 0.4) is 0 Å². The van der Waals surface area contributed by atoms with E-state index in [0.29, 0.717) is 24.3 Å². The van der Waals surface area contributed by atoms with Gasteiger partial charge in [0.1, 0.15) is 5.60 Å². The van der Waals surface area contributed by atoms with Crippen LogP contribution in [-0.4, -0.2) is 16.7 Å². The number of alkyl carbamates (subject to hydrolysis) is 1. The Balaban J connectivity index is 2.74. The summed E-state index contributed by atoms with van der Waals surface area (Å²) < 4.78 is 5.25. The van der Waals surface area contributed by atoms with Gasteiger partial charge in [-0.15, -0.1) is 0 Å². The monoisotopic (exact) mass is 306 g/mol. The molecule has 124 valence electrons. The molecule has 1 aromatic heterocycles. The van der Waals surface area contributed by atoms with Gasteiger partial charge in [-0.25, -0.2) is 4.79 Å². The molecule has 0 saturated heterocycles. The first-order chi connectivity index (χ1) is 10.1. The van der Waals surface area contributed by atoms with Crippen LogP contribution in [-0.2, 0) is 11.3 Å². The molecule has 4 nitrogen and oxygen atoms in total. The minimum Gasteiger partial charge on any atom is -0.444 e. The standard InChI is InChI=1S/C18H30N2O2/c1-12(2)16(13(3)4)15-10-14(8-9-19-15)11-20-17(21)22-18(5,6)7/h8-10,12-13,16H,11H2,1-7H3,(H,20,21). The Morgan fingerprint density at radius 2 is 1.82 bits per heavy atom. The van der Waals surface area contributed by atoms with Crippen LogP contribution in [0, 0.1) is 11.8 Å². The molecule has 1 amide bonds. The lowest BCUT2D eigenvalue weighted by Crippen LogP contribution is -2.32. The van der Waals surface area contributed by atoms with Gasteiger partial charge < -0.3 is 10.1 Å². The Kier molecular flexibility index (Phi) is 6.39. The van der Waals surface area contributed by atoms with E-state index in [0.717, 1.165) is 11.3 Å². The molecule has 0 saturated carbocycles. The molecular formula is C18H30N2O2. The number of nitrogens with zero attached hydrogens (tertiary/aromatic N) is 1. The van der Waals surface area contributed by atoms with Crippen molar-refractivity contribution in [2.24, 2.45) is 11.8 Å². The minimum atomic E-state index is -0.478. The van der Waals surface area contributed by atoms with Crippen LogP contribution in [0.4, 0.5) is 4.79 Å². The summed E-state index contributed by atoms with van der Waals surface area (Å²) in [5.41, 5.74) is 1.66. The highest BCUT2D eigenvalue weighted by atomic mass is 16.6. The van der Waals surface area contributed by atoms with Crippen molar-refractivity contribution < 1.29 is 9.53 Å². The van der Waals surface area contributed by atoms with Crippen molar-refractivity contribution in [3.05, 3.63) is 29.6 Å². The van der Waals surface area contributed by atoms with Crippen molar-refractivity contribution in [1.29, 1.82) is 0 Å². The lowest BCUT2D eigenvalue weighted by molar-refractivity contribution is 0.0523. The molecule has 0 aromatic carbocycles. The Morgan fingerprint density at radius 1 is 1.23 bits per heavy atom. The highest BCUT2D eigenvalue weighted by Gasteiger charge is 2.21. The zero-order chi connectivity index (χ0) is 16.9. The van der Waals surface area contributed by atoms with Gasteiger partial charge in [0.05, 0.1) is 0 Å². The smallest absolute Gasteiger partial charge is 0.407 e. The SMILES string of the molecule is CC(C)C(c1cc(CNC(=O)OC(C)(C)C)ccn1)C(C)C. The second-order valence-electron chi connectivity index (χ2n) is 7.46. The van der Waals surface area contributed by atoms with E-state index in [2.05, 4.69) is 44.1 Å². The van der Waals surface area contributed by atoms with E-state index in [1.54, 1.807) is 0 Å². The number of carbonyl (C=O) groups is 1. The highest BCUT2D eigenvalue weighted by molar-refractivity contribution is 5.67. The van der Waals surface area contributed by atoms with E-state index in [9.17, 15) is 4.79 Å². The Hall–Kier alpha value is -1.58. The molecule has 0 unspecified atom stereocenters. The molecule has 1 rings (SSSR count). The van der Waals surface area contributed by atoms with Crippen LogP contribution < -0.4 is 5.32 Å². The fraction of sp³-hybridized carbons (Fsp3) is 0.667. The number of amides is 1. The van der Waals surface area contributed by atoms with E-state index < -0.39 is 11.7 Å².